The van der Waals surface area contributed by atoms with E-state index in [0.29, 0.717) is 4.21 Å². The van der Waals surface area contributed by atoms with Gasteiger partial charge in [0, 0.05) is 19.6 Å². The van der Waals surface area contributed by atoms with Gasteiger partial charge in [-0.3, -0.25) is 0 Å². The van der Waals surface area contributed by atoms with Gasteiger partial charge in [-0.05, 0) is 36.4 Å². The van der Waals surface area contributed by atoms with Crippen LogP contribution < -0.4 is 5.32 Å². The first kappa shape index (κ1) is 15.9. The maximum Gasteiger partial charge on any atom is 0.252 e. The molecule has 0 aliphatic heterocycles. The second-order valence-corrected chi connectivity index (χ2v) is 8.50. The molecule has 0 bridgehead atoms. The maximum atomic E-state index is 12.6. The van der Waals surface area contributed by atoms with Crippen molar-refractivity contribution in [3.8, 4) is 0 Å². The van der Waals surface area contributed by atoms with E-state index in [1.807, 2.05) is 18.4 Å². The van der Waals surface area contributed by atoms with Crippen LogP contribution in [0.25, 0.3) is 0 Å². The molecule has 0 saturated heterocycles. The molecule has 1 saturated carbocycles. The van der Waals surface area contributed by atoms with E-state index >= 15 is 0 Å². The van der Waals surface area contributed by atoms with Crippen LogP contribution in [0.4, 0.5) is 0 Å². The summed E-state index contributed by atoms with van der Waals surface area (Å²) in [6, 6.07) is 1.98. The Hall–Kier alpha value is -0.430. The fourth-order valence-electron chi connectivity index (χ4n) is 2.63. The van der Waals surface area contributed by atoms with Crippen LogP contribution in [0, 0.1) is 0 Å². The molecule has 1 N–H and O–H groups in total. The van der Waals surface area contributed by atoms with Gasteiger partial charge in [0.1, 0.15) is 4.21 Å². The van der Waals surface area contributed by atoms with Crippen molar-refractivity contribution in [1.82, 2.24) is 9.62 Å². The Morgan fingerprint density at radius 3 is 2.70 bits per heavy atom. The van der Waals surface area contributed by atoms with Gasteiger partial charge in [0.05, 0.1) is 0 Å². The predicted octanol–water partition coefficient (Wildman–Crippen LogP) is 2.81. The van der Waals surface area contributed by atoms with Crippen molar-refractivity contribution in [3.63, 3.8) is 0 Å². The Morgan fingerprint density at radius 1 is 1.35 bits per heavy atom. The average Bonchev–Trinajstić information content (AvgIpc) is 2.94. The Labute approximate surface area is 126 Å². The molecule has 1 aliphatic carbocycles. The highest BCUT2D eigenvalue weighted by Crippen LogP contribution is 2.29. The van der Waals surface area contributed by atoms with Gasteiger partial charge in [-0.1, -0.05) is 26.2 Å². The lowest BCUT2D eigenvalue weighted by molar-refractivity contribution is 0.286. The Balaban J connectivity index is 2.10. The van der Waals surface area contributed by atoms with Crippen LogP contribution in [0.3, 0.4) is 0 Å². The molecule has 4 nitrogen and oxygen atoms in total. The number of rotatable bonds is 6. The molecule has 1 aromatic heterocycles. The summed E-state index contributed by atoms with van der Waals surface area (Å²) in [5.41, 5.74) is 1.05. The van der Waals surface area contributed by atoms with E-state index in [1.54, 1.807) is 11.4 Å². The van der Waals surface area contributed by atoms with Crippen LogP contribution in [-0.4, -0.2) is 32.4 Å². The van der Waals surface area contributed by atoms with Gasteiger partial charge in [-0.25, -0.2) is 8.42 Å². The van der Waals surface area contributed by atoms with Crippen molar-refractivity contribution in [1.29, 1.82) is 0 Å². The minimum Gasteiger partial charge on any atom is -0.313 e. The minimum atomic E-state index is -3.32. The number of nitrogens with zero attached hydrogens (tertiary/aromatic N) is 1. The summed E-state index contributed by atoms with van der Waals surface area (Å²) in [5, 5.41) is 5.15. The number of nitrogens with one attached hydrogen (secondary N) is 1. The lowest BCUT2D eigenvalue weighted by Crippen LogP contribution is -2.37. The number of hydrogen-bond donors (Lipinski definition) is 1. The molecule has 1 aliphatic rings. The summed E-state index contributed by atoms with van der Waals surface area (Å²) in [7, 11) is -1.59. The summed E-state index contributed by atoms with van der Waals surface area (Å²) in [4.78, 5) is 0. The molecule has 0 amide bonds. The Morgan fingerprint density at radius 2 is 2.05 bits per heavy atom. The number of thiophene rings is 1. The minimum absolute atomic E-state index is 0.174. The molecular weight excluding hydrogens is 292 g/mol. The monoisotopic (exact) mass is 316 g/mol. The molecule has 6 heteroatoms. The van der Waals surface area contributed by atoms with Gasteiger partial charge in [-0.2, -0.15) is 4.31 Å². The highest BCUT2D eigenvalue weighted by Gasteiger charge is 2.30. The normalized spacial score (nSPS) is 17.8. The van der Waals surface area contributed by atoms with Crippen LogP contribution >= 0.6 is 11.3 Å². The Bertz CT molecular complexity index is 519. The molecule has 1 aromatic rings. The van der Waals surface area contributed by atoms with Crippen molar-refractivity contribution < 1.29 is 8.42 Å². The van der Waals surface area contributed by atoms with E-state index in [1.165, 1.54) is 17.8 Å². The van der Waals surface area contributed by atoms with Gasteiger partial charge in [0.25, 0.3) is 10.0 Å². The smallest absolute Gasteiger partial charge is 0.252 e. The van der Waals surface area contributed by atoms with E-state index in [0.717, 1.165) is 44.3 Å². The van der Waals surface area contributed by atoms with Gasteiger partial charge >= 0.3 is 0 Å². The lowest BCUT2D eigenvalue weighted by atomic mass is 9.96. The zero-order chi connectivity index (χ0) is 14.6. The molecule has 1 heterocycles. The van der Waals surface area contributed by atoms with E-state index < -0.39 is 10.0 Å². The molecule has 0 aromatic carbocycles. The first-order valence-corrected chi connectivity index (χ1v) is 9.64. The van der Waals surface area contributed by atoms with Crippen molar-refractivity contribution in [2.75, 3.05) is 13.6 Å². The SMILES string of the molecule is CCNCc1csc(S(=O)(=O)N(C)C2CCCCC2)c1. The first-order valence-electron chi connectivity index (χ1n) is 7.32. The molecular formula is C14H24N2O2S2. The molecule has 0 spiro atoms. The molecule has 2 rings (SSSR count). The van der Waals surface area contributed by atoms with Crippen LogP contribution in [0.5, 0.6) is 0 Å². The highest BCUT2D eigenvalue weighted by atomic mass is 32.2. The third-order valence-electron chi connectivity index (χ3n) is 3.93. The van der Waals surface area contributed by atoms with Crippen molar-refractivity contribution in [2.45, 2.75) is 55.8 Å². The van der Waals surface area contributed by atoms with Crippen molar-refractivity contribution in [2.24, 2.45) is 0 Å². The average molecular weight is 316 g/mol. The van der Waals surface area contributed by atoms with Crippen LogP contribution in [0.1, 0.15) is 44.6 Å². The van der Waals surface area contributed by atoms with Gasteiger partial charge in [0.15, 0.2) is 0 Å². The third-order valence-corrected chi connectivity index (χ3v) is 7.31. The summed E-state index contributed by atoms with van der Waals surface area (Å²) >= 11 is 1.33. The Kier molecular flexibility index (Phi) is 5.60. The number of hydrogen-bond acceptors (Lipinski definition) is 4. The standard InChI is InChI=1S/C14H24N2O2S2/c1-3-15-10-12-9-14(19-11-12)20(17,18)16(2)13-7-5-4-6-8-13/h9,11,13,15H,3-8,10H2,1-2H3. The zero-order valence-electron chi connectivity index (χ0n) is 12.3. The number of sulfonamides is 1. The summed E-state index contributed by atoms with van der Waals surface area (Å²) in [5.74, 6) is 0. The fourth-order valence-corrected chi connectivity index (χ4v) is 5.44. The van der Waals surface area contributed by atoms with Crippen LogP contribution in [0.2, 0.25) is 0 Å². The van der Waals surface area contributed by atoms with E-state index in [9.17, 15) is 8.42 Å². The van der Waals surface area contributed by atoms with Crippen LogP contribution in [0.15, 0.2) is 15.7 Å². The molecule has 0 atom stereocenters. The second kappa shape index (κ2) is 7.02. The quantitative estimate of drug-likeness (QED) is 0.878. The topological polar surface area (TPSA) is 49.4 Å². The highest BCUT2D eigenvalue weighted by molar-refractivity contribution is 7.91. The molecule has 0 unspecified atom stereocenters. The first-order chi connectivity index (χ1) is 9.55. The van der Waals surface area contributed by atoms with Gasteiger partial charge in [0.2, 0.25) is 0 Å². The summed E-state index contributed by atoms with van der Waals surface area (Å²) in [6.07, 6.45) is 5.49. The maximum absolute atomic E-state index is 12.6. The molecule has 114 valence electrons. The molecule has 0 radical (unpaired) electrons. The van der Waals surface area contributed by atoms with E-state index in [2.05, 4.69) is 5.32 Å². The largest absolute Gasteiger partial charge is 0.313 e. The van der Waals surface area contributed by atoms with Gasteiger partial charge < -0.3 is 5.32 Å². The third kappa shape index (κ3) is 3.61. The van der Waals surface area contributed by atoms with Crippen LogP contribution in [-0.2, 0) is 16.6 Å². The summed E-state index contributed by atoms with van der Waals surface area (Å²) in [6.45, 7) is 3.66. The summed E-state index contributed by atoms with van der Waals surface area (Å²) < 4.78 is 27.3. The predicted molar refractivity (Wildman–Crippen MR) is 83.5 cm³/mol. The van der Waals surface area contributed by atoms with E-state index in [4.69, 9.17) is 0 Å². The zero-order valence-corrected chi connectivity index (χ0v) is 13.9. The van der Waals surface area contributed by atoms with Gasteiger partial charge in [-0.15, -0.1) is 11.3 Å². The molecule has 20 heavy (non-hydrogen) atoms. The lowest BCUT2D eigenvalue weighted by Gasteiger charge is -2.29. The molecule has 1 fully saturated rings. The van der Waals surface area contributed by atoms with Crippen molar-refractivity contribution in [3.05, 3.63) is 17.0 Å². The van der Waals surface area contributed by atoms with Crippen molar-refractivity contribution >= 4 is 21.4 Å². The second-order valence-electron chi connectivity index (χ2n) is 5.37. The van der Waals surface area contributed by atoms with E-state index in [-0.39, 0.29) is 6.04 Å². The fraction of sp³-hybridized carbons (Fsp3) is 0.714.